The monoisotopic (exact) mass is 141 g/mol. The number of aromatic nitrogens is 1. The van der Waals surface area contributed by atoms with Gasteiger partial charge in [0.1, 0.15) is 0 Å². The van der Waals surface area contributed by atoms with E-state index in [1.54, 1.807) is 18.5 Å². The molecule has 10 heavy (non-hydrogen) atoms. The van der Waals surface area contributed by atoms with Crippen molar-refractivity contribution in [3.63, 3.8) is 0 Å². The standard InChI is InChI=1S/C8H12FN/c1-5-6(2)8(9)10(4)7(5)3/h1-4H3. The lowest BCUT2D eigenvalue weighted by Crippen LogP contribution is -1.94. The predicted octanol–water partition coefficient (Wildman–Crippen LogP) is 2.09. The fourth-order valence-electron chi connectivity index (χ4n) is 1.08. The first-order valence-electron chi connectivity index (χ1n) is 3.33. The molecule has 0 fully saturated rings. The van der Waals surface area contributed by atoms with E-state index in [1.807, 2.05) is 13.8 Å². The zero-order valence-electron chi connectivity index (χ0n) is 6.83. The summed E-state index contributed by atoms with van der Waals surface area (Å²) in [6.07, 6.45) is 0. The van der Waals surface area contributed by atoms with Crippen molar-refractivity contribution in [3.05, 3.63) is 22.8 Å². The second kappa shape index (κ2) is 2.11. The van der Waals surface area contributed by atoms with E-state index in [4.69, 9.17) is 0 Å². The fraction of sp³-hybridized carbons (Fsp3) is 0.500. The molecule has 0 aliphatic heterocycles. The highest BCUT2D eigenvalue weighted by Gasteiger charge is 2.09. The van der Waals surface area contributed by atoms with Gasteiger partial charge in [-0.15, -0.1) is 0 Å². The Balaban J connectivity index is 3.44. The second-order valence-electron chi connectivity index (χ2n) is 2.69. The minimum Gasteiger partial charge on any atom is -0.325 e. The number of nitrogens with zero attached hydrogens (tertiary/aromatic N) is 1. The van der Waals surface area contributed by atoms with Gasteiger partial charge in [-0.2, -0.15) is 4.39 Å². The highest BCUT2D eigenvalue weighted by Crippen LogP contribution is 2.17. The molecular weight excluding hydrogens is 129 g/mol. The molecule has 0 unspecified atom stereocenters. The van der Waals surface area contributed by atoms with Crippen LogP contribution in [0.2, 0.25) is 0 Å². The summed E-state index contributed by atoms with van der Waals surface area (Å²) in [6, 6.07) is 0. The first kappa shape index (κ1) is 7.32. The van der Waals surface area contributed by atoms with Crippen LogP contribution < -0.4 is 0 Å². The molecule has 1 rings (SSSR count). The van der Waals surface area contributed by atoms with E-state index in [2.05, 4.69) is 0 Å². The van der Waals surface area contributed by atoms with Crippen LogP contribution >= 0.6 is 0 Å². The molecule has 0 amide bonds. The maximum Gasteiger partial charge on any atom is 0.196 e. The van der Waals surface area contributed by atoms with E-state index in [-0.39, 0.29) is 5.95 Å². The molecule has 0 atom stereocenters. The van der Waals surface area contributed by atoms with Gasteiger partial charge < -0.3 is 4.57 Å². The number of hydrogen-bond acceptors (Lipinski definition) is 0. The average molecular weight is 141 g/mol. The van der Waals surface area contributed by atoms with Crippen molar-refractivity contribution in [3.8, 4) is 0 Å². The van der Waals surface area contributed by atoms with E-state index < -0.39 is 0 Å². The summed E-state index contributed by atoms with van der Waals surface area (Å²) in [5.74, 6) is -0.116. The average Bonchev–Trinajstić information content (AvgIpc) is 2.07. The Morgan fingerprint density at radius 2 is 1.60 bits per heavy atom. The molecule has 1 heterocycles. The van der Waals surface area contributed by atoms with Crippen LogP contribution in [0.4, 0.5) is 4.39 Å². The van der Waals surface area contributed by atoms with Crippen LogP contribution in [0.5, 0.6) is 0 Å². The van der Waals surface area contributed by atoms with E-state index in [9.17, 15) is 4.39 Å². The molecule has 0 aromatic carbocycles. The Hall–Kier alpha value is -0.790. The third kappa shape index (κ3) is 0.753. The topological polar surface area (TPSA) is 4.93 Å². The van der Waals surface area contributed by atoms with Gasteiger partial charge in [-0.3, -0.25) is 0 Å². The second-order valence-corrected chi connectivity index (χ2v) is 2.69. The van der Waals surface area contributed by atoms with Crippen molar-refractivity contribution in [1.29, 1.82) is 0 Å². The molecule has 0 radical (unpaired) electrons. The third-order valence-electron chi connectivity index (χ3n) is 2.21. The normalized spacial score (nSPS) is 10.5. The molecule has 0 bridgehead atoms. The predicted molar refractivity (Wildman–Crippen MR) is 39.6 cm³/mol. The smallest absolute Gasteiger partial charge is 0.196 e. The van der Waals surface area contributed by atoms with Crippen molar-refractivity contribution in [2.24, 2.45) is 7.05 Å². The summed E-state index contributed by atoms with van der Waals surface area (Å²) in [7, 11) is 1.74. The lowest BCUT2D eigenvalue weighted by molar-refractivity contribution is 0.523. The Bertz CT molecular complexity index is 180. The van der Waals surface area contributed by atoms with Crippen molar-refractivity contribution in [2.75, 3.05) is 0 Å². The van der Waals surface area contributed by atoms with Crippen LogP contribution in [-0.4, -0.2) is 4.57 Å². The van der Waals surface area contributed by atoms with Gasteiger partial charge in [0.25, 0.3) is 0 Å². The molecular formula is C8H12FN. The molecule has 0 saturated heterocycles. The van der Waals surface area contributed by atoms with Gasteiger partial charge in [0.15, 0.2) is 5.95 Å². The lowest BCUT2D eigenvalue weighted by atomic mass is 10.2. The van der Waals surface area contributed by atoms with Crippen molar-refractivity contribution >= 4 is 0 Å². The lowest BCUT2D eigenvalue weighted by Gasteiger charge is -1.95. The van der Waals surface area contributed by atoms with Gasteiger partial charge >= 0.3 is 0 Å². The first-order valence-corrected chi connectivity index (χ1v) is 3.33. The summed E-state index contributed by atoms with van der Waals surface area (Å²) in [4.78, 5) is 0. The summed E-state index contributed by atoms with van der Waals surface area (Å²) in [6.45, 7) is 5.66. The zero-order chi connectivity index (χ0) is 7.89. The number of rotatable bonds is 0. The van der Waals surface area contributed by atoms with Gasteiger partial charge in [-0.1, -0.05) is 0 Å². The molecule has 1 nitrogen and oxygen atoms in total. The molecule has 1 aromatic rings. The summed E-state index contributed by atoms with van der Waals surface area (Å²) >= 11 is 0. The SMILES string of the molecule is Cc1c(C)c(F)n(C)c1C. The Morgan fingerprint density at radius 1 is 1.10 bits per heavy atom. The van der Waals surface area contributed by atoms with Gasteiger partial charge in [-0.25, -0.2) is 0 Å². The van der Waals surface area contributed by atoms with E-state index in [0.29, 0.717) is 0 Å². The van der Waals surface area contributed by atoms with Crippen molar-refractivity contribution in [2.45, 2.75) is 20.8 Å². The van der Waals surface area contributed by atoms with Crippen LogP contribution in [-0.2, 0) is 7.05 Å². The summed E-state index contributed by atoms with van der Waals surface area (Å²) in [5.41, 5.74) is 2.83. The van der Waals surface area contributed by atoms with E-state index >= 15 is 0 Å². The molecule has 56 valence electrons. The Labute approximate surface area is 60.5 Å². The number of halogens is 1. The van der Waals surface area contributed by atoms with Gasteiger partial charge in [-0.05, 0) is 26.3 Å². The first-order chi connectivity index (χ1) is 4.55. The maximum atomic E-state index is 13.0. The Morgan fingerprint density at radius 3 is 1.70 bits per heavy atom. The minimum atomic E-state index is -0.116. The van der Waals surface area contributed by atoms with Crippen LogP contribution in [0.25, 0.3) is 0 Å². The zero-order valence-corrected chi connectivity index (χ0v) is 6.83. The van der Waals surface area contributed by atoms with Gasteiger partial charge in [0, 0.05) is 18.3 Å². The van der Waals surface area contributed by atoms with Gasteiger partial charge in [0.05, 0.1) is 0 Å². The molecule has 0 spiro atoms. The van der Waals surface area contributed by atoms with Crippen LogP contribution in [0.15, 0.2) is 0 Å². The third-order valence-corrected chi connectivity index (χ3v) is 2.21. The van der Waals surface area contributed by atoms with Gasteiger partial charge in [0.2, 0.25) is 0 Å². The summed E-state index contributed by atoms with van der Waals surface area (Å²) in [5, 5.41) is 0. The van der Waals surface area contributed by atoms with Crippen molar-refractivity contribution in [1.82, 2.24) is 4.57 Å². The van der Waals surface area contributed by atoms with Crippen molar-refractivity contribution < 1.29 is 4.39 Å². The van der Waals surface area contributed by atoms with Crippen LogP contribution in [0.1, 0.15) is 16.8 Å². The van der Waals surface area contributed by atoms with E-state index in [0.717, 1.165) is 16.8 Å². The number of hydrogen-bond donors (Lipinski definition) is 0. The highest BCUT2D eigenvalue weighted by atomic mass is 19.1. The molecule has 1 aromatic heterocycles. The Kier molecular flexibility index (Phi) is 1.55. The van der Waals surface area contributed by atoms with Crippen LogP contribution in [0, 0.1) is 26.7 Å². The minimum absolute atomic E-state index is 0.116. The summed E-state index contributed by atoms with van der Waals surface area (Å²) < 4.78 is 14.5. The highest BCUT2D eigenvalue weighted by molar-refractivity contribution is 5.29. The fourth-order valence-corrected chi connectivity index (χ4v) is 1.08. The van der Waals surface area contributed by atoms with Crippen LogP contribution in [0.3, 0.4) is 0 Å². The quantitative estimate of drug-likeness (QED) is 0.521. The molecule has 0 N–H and O–H groups in total. The molecule has 0 aliphatic carbocycles. The molecule has 2 heteroatoms. The molecule has 0 aliphatic rings. The largest absolute Gasteiger partial charge is 0.325 e. The van der Waals surface area contributed by atoms with E-state index in [1.165, 1.54) is 0 Å². The maximum absolute atomic E-state index is 13.0. The molecule has 0 saturated carbocycles.